The van der Waals surface area contributed by atoms with Crippen LogP contribution >= 0.6 is 0 Å². The third-order valence-corrected chi connectivity index (χ3v) is 5.97. The van der Waals surface area contributed by atoms with Crippen LogP contribution in [0.15, 0.2) is 93.0 Å². The van der Waals surface area contributed by atoms with E-state index in [1.165, 1.54) is 30.3 Å². The van der Waals surface area contributed by atoms with Gasteiger partial charge in [-0.05, 0) is 61.5 Å². The zero-order chi connectivity index (χ0) is 22.0. The number of anilines is 2. The summed E-state index contributed by atoms with van der Waals surface area (Å²) in [7, 11) is -3.86. The molecule has 8 heteroatoms. The summed E-state index contributed by atoms with van der Waals surface area (Å²) in [6, 6.07) is 20.5. The molecule has 0 fully saturated rings. The molecule has 2 N–H and O–H groups in total. The van der Waals surface area contributed by atoms with E-state index >= 15 is 0 Å². The number of hydrogen-bond acceptors (Lipinski definition) is 5. The monoisotopic (exact) mass is 434 g/mol. The zero-order valence-electron chi connectivity index (χ0n) is 16.5. The van der Waals surface area contributed by atoms with Crippen molar-refractivity contribution in [1.82, 2.24) is 0 Å². The normalized spacial score (nSPS) is 11.3. The van der Waals surface area contributed by atoms with Crippen molar-refractivity contribution in [2.24, 2.45) is 0 Å². The SMILES string of the molecule is Cc1ccc(NS(=O)(=O)c2cccc(C(=O)Nc3ccc4oc(=O)ccc4c3)c2)cc1. The molecule has 0 aliphatic rings. The van der Waals surface area contributed by atoms with E-state index in [-0.39, 0.29) is 10.5 Å². The number of hydrogen-bond donors (Lipinski definition) is 2. The van der Waals surface area contributed by atoms with Gasteiger partial charge in [-0.1, -0.05) is 23.8 Å². The van der Waals surface area contributed by atoms with Crippen molar-refractivity contribution in [3.05, 3.63) is 100 Å². The topological polar surface area (TPSA) is 105 Å². The lowest BCUT2D eigenvalue weighted by Crippen LogP contribution is -2.16. The van der Waals surface area contributed by atoms with E-state index in [0.29, 0.717) is 22.3 Å². The van der Waals surface area contributed by atoms with Crippen LogP contribution in [0.2, 0.25) is 0 Å². The van der Waals surface area contributed by atoms with E-state index in [4.69, 9.17) is 4.42 Å². The smallest absolute Gasteiger partial charge is 0.336 e. The molecule has 0 radical (unpaired) electrons. The van der Waals surface area contributed by atoms with Crippen LogP contribution in [0.3, 0.4) is 0 Å². The number of carbonyl (C=O) groups excluding carboxylic acids is 1. The molecule has 7 nitrogen and oxygen atoms in total. The lowest BCUT2D eigenvalue weighted by molar-refractivity contribution is 0.102. The third kappa shape index (κ3) is 4.65. The highest BCUT2D eigenvalue weighted by Crippen LogP contribution is 2.20. The van der Waals surface area contributed by atoms with E-state index in [2.05, 4.69) is 10.0 Å². The first-order valence-corrected chi connectivity index (χ1v) is 10.8. The first kappa shape index (κ1) is 20.4. The van der Waals surface area contributed by atoms with Gasteiger partial charge >= 0.3 is 5.63 Å². The molecule has 0 aliphatic carbocycles. The number of benzene rings is 3. The lowest BCUT2D eigenvalue weighted by atomic mass is 10.2. The summed E-state index contributed by atoms with van der Waals surface area (Å²) >= 11 is 0. The molecule has 156 valence electrons. The summed E-state index contributed by atoms with van der Waals surface area (Å²) < 4.78 is 33.0. The molecule has 31 heavy (non-hydrogen) atoms. The number of rotatable bonds is 5. The summed E-state index contributed by atoms with van der Waals surface area (Å²) in [5.41, 5.74) is 2.06. The van der Waals surface area contributed by atoms with Crippen molar-refractivity contribution in [2.75, 3.05) is 10.0 Å². The maximum absolute atomic E-state index is 12.7. The summed E-state index contributed by atoms with van der Waals surface area (Å²) in [6.07, 6.45) is 0. The Hall–Kier alpha value is -3.91. The molecule has 4 aromatic rings. The average molecular weight is 434 g/mol. The van der Waals surface area contributed by atoms with E-state index in [9.17, 15) is 18.0 Å². The fraction of sp³-hybridized carbons (Fsp3) is 0.0435. The second-order valence-electron chi connectivity index (χ2n) is 6.96. The van der Waals surface area contributed by atoms with E-state index in [0.717, 1.165) is 5.56 Å². The molecule has 1 aromatic heterocycles. The van der Waals surface area contributed by atoms with Gasteiger partial charge in [0.15, 0.2) is 0 Å². The number of nitrogens with one attached hydrogen (secondary N) is 2. The van der Waals surface area contributed by atoms with Crippen molar-refractivity contribution < 1.29 is 17.6 Å². The molecule has 0 spiro atoms. The van der Waals surface area contributed by atoms with Crippen LogP contribution in [0.25, 0.3) is 11.0 Å². The molecule has 0 saturated heterocycles. The summed E-state index contributed by atoms with van der Waals surface area (Å²) in [5, 5.41) is 3.37. The van der Waals surface area contributed by atoms with Crippen molar-refractivity contribution in [1.29, 1.82) is 0 Å². The molecule has 3 aromatic carbocycles. The first-order valence-electron chi connectivity index (χ1n) is 9.35. The molecule has 0 saturated carbocycles. The number of fused-ring (bicyclic) bond motifs is 1. The molecule has 1 heterocycles. The highest BCUT2D eigenvalue weighted by atomic mass is 32.2. The summed E-state index contributed by atoms with van der Waals surface area (Å²) in [5.74, 6) is -0.468. The summed E-state index contributed by atoms with van der Waals surface area (Å²) in [6.45, 7) is 1.91. The minimum atomic E-state index is -3.86. The Labute approximate surface area is 178 Å². The third-order valence-electron chi connectivity index (χ3n) is 4.59. The number of carbonyl (C=O) groups is 1. The molecule has 0 unspecified atom stereocenters. The summed E-state index contributed by atoms with van der Waals surface area (Å²) in [4.78, 5) is 23.9. The number of amides is 1. The fourth-order valence-electron chi connectivity index (χ4n) is 2.99. The van der Waals surface area contributed by atoms with Crippen molar-refractivity contribution in [2.45, 2.75) is 11.8 Å². The standard InChI is InChI=1S/C23H18N2O5S/c1-15-5-8-18(9-6-15)25-31(28,29)20-4-2-3-17(14-20)23(27)24-19-10-11-21-16(13-19)7-12-22(26)30-21/h2-14,25H,1H3,(H,24,27). The number of aryl methyl sites for hydroxylation is 1. The van der Waals surface area contributed by atoms with Gasteiger partial charge in [0.05, 0.1) is 4.90 Å². The van der Waals surface area contributed by atoms with Gasteiger partial charge in [0.1, 0.15) is 5.58 Å². The van der Waals surface area contributed by atoms with Crippen molar-refractivity contribution in [3.8, 4) is 0 Å². The van der Waals surface area contributed by atoms with E-state index in [1.54, 1.807) is 48.5 Å². The lowest BCUT2D eigenvalue weighted by Gasteiger charge is -2.10. The van der Waals surface area contributed by atoms with Gasteiger partial charge in [-0.3, -0.25) is 9.52 Å². The highest BCUT2D eigenvalue weighted by Gasteiger charge is 2.17. The zero-order valence-corrected chi connectivity index (χ0v) is 17.3. The fourth-order valence-corrected chi connectivity index (χ4v) is 4.10. The van der Waals surface area contributed by atoms with Gasteiger partial charge in [-0.25, -0.2) is 13.2 Å². The van der Waals surface area contributed by atoms with Gasteiger partial charge in [0.2, 0.25) is 0 Å². The Morgan fingerprint density at radius 3 is 2.39 bits per heavy atom. The van der Waals surface area contributed by atoms with Crippen molar-refractivity contribution >= 4 is 38.3 Å². The highest BCUT2D eigenvalue weighted by molar-refractivity contribution is 7.92. The van der Waals surface area contributed by atoms with Crippen LogP contribution in [0, 0.1) is 6.92 Å². The van der Waals surface area contributed by atoms with Gasteiger partial charge < -0.3 is 9.73 Å². The van der Waals surface area contributed by atoms with Crippen LogP contribution in [0.5, 0.6) is 0 Å². The second kappa shape index (κ2) is 8.08. The van der Waals surface area contributed by atoms with Crippen LogP contribution in [-0.4, -0.2) is 14.3 Å². The Balaban J connectivity index is 1.55. The first-order chi connectivity index (χ1) is 14.8. The van der Waals surface area contributed by atoms with Crippen LogP contribution in [-0.2, 0) is 10.0 Å². The Morgan fingerprint density at radius 1 is 0.871 bits per heavy atom. The Morgan fingerprint density at radius 2 is 1.61 bits per heavy atom. The molecular formula is C23H18N2O5S. The molecule has 4 rings (SSSR count). The van der Waals surface area contributed by atoms with Gasteiger partial charge in [0.25, 0.3) is 15.9 Å². The van der Waals surface area contributed by atoms with Crippen LogP contribution < -0.4 is 15.7 Å². The maximum Gasteiger partial charge on any atom is 0.336 e. The minimum Gasteiger partial charge on any atom is -0.423 e. The number of sulfonamides is 1. The predicted octanol–water partition coefficient (Wildman–Crippen LogP) is 4.15. The maximum atomic E-state index is 12.7. The Kier molecular flexibility index (Phi) is 5.31. The van der Waals surface area contributed by atoms with Crippen LogP contribution in [0.1, 0.15) is 15.9 Å². The van der Waals surface area contributed by atoms with Gasteiger partial charge in [-0.15, -0.1) is 0 Å². The van der Waals surface area contributed by atoms with Gasteiger partial charge in [0, 0.05) is 28.4 Å². The Bertz CT molecular complexity index is 1440. The predicted molar refractivity (Wildman–Crippen MR) is 119 cm³/mol. The quantitative estimate of drug-likeness (QED) is 0.459. The van der Waals surface area contributed by atoms with E-state index < -0.39 is 21.6 Å². The van der Waals surface area contributed by atoms with Gasteiger partial charge in [-0.2, -0.15) is 0 Å². The minimum absolute atomic E-state index is 0.0268. The van der Waals surface area contributed by atoms with E-state index in [1.807, 2.05) is 6.92 Å². The molecule has 0 bridgehead atoms. The van der Waals surface area contributed by atoms with Crippen LogP contribution in [0.4, 0.5) is 11.4 Å². The second-order valence-corrected chi connectivity index (χ2v) is 8.64. The molecule has 0 aliphatic heterocycles. The average Bonchev–Trinajstić information content (AvgIpc) is 2.75. The molecule has 1 amide bonds. The largest absolute Gasteiger partial charge is 0.423 e. The van der Waals surface area contributed by atoms with Crippen molar-refractivity contribution in [3.63, 3.8) is 0 Å². The molecule has 0 atom stereocenters. The molecular weight excluding hydrogens is 416 g/mol.